The van der Waals surface area contributed by atoms with Crippen LogP contribution in [0, 0.1) is 11.3 Å². The van der Waals surface area contributed by atoms with Crippen molar-refractivity contribution < 1.29 is 23.7 Å². The van der Waals surface area contributed by atoms with Crippen LogP contribution < -0.4 is 24.3 Å². The molecule has 1 N–H and O–H groups in total. The minimum atomic E-state index is -0.520. The molecular formula is C21H20N2O5. The molecule has 7 heteroatoms. The number of amides is 1. The lowest BCUT2D eigenvalue weighted by atomic mass is 10.1. The van der Waals surface area contributed by atoms with Gasteiger partial charge in [-0.15, -0.1) is 0 Å². The molecular weight excluding hydrogens is 360 g/mol. The molecule has 0 atom stereocenters. The number of nitrogens with one attached hydrogen (secondary N) is 1. The molecule has 3 rings (SSSR count). The van der Waals surface area contributed by atoms with Crippen molar-refractivity contribution in [2.45, 2.75) is 6.92 Å². The number of nitriles is 1. The number of nitrogens with zero attached hydrogens (tertiary/aromatic N) is 1. The van der Waals surface area contributed by atoms with Crippen LogP contribution in [-0.4, -0.2) is 32.8 Å². The molecule has 0 saturated heterocycles. The van der Waals surface area contributed by atoms with E-state index in [1.165, 1.54) is 6.08 Å². The Kier molecular flexibility index (Phi) is 6.02. The van der Waals surface area contributed by atoms with Crippen molar-refractivity contribution in [3.8, 4) is 29.1 Å². The van der Waals surface area contributed by atoms with Gasteiger partial charge in [-0.25, -0.2) is 0 Å². The Morgan fingerprint density at radius 1 is 1.18 bits per heavy atom. The van der Waals surface area contributed by atoms with Crippen molar-refractivity contribution in [2.75, 3.05) is 32.2 Å². The maximum atomic E-state index is 12.5. The Morgan fingerprint density at radius 3 is 2.68 bits per heavy atom. The summed E-state index contributed by atoms with van der Waals surface area (Å²) in [7, 11) is 1.55. The molecule has 0 unspecified atom stereocenters. The summed E-state index contributed by atoms with van der Waals surface area (Å²) >= 11 is 0. The molecule has 144 valence electrons. The highest BCUT2D eigenvalue weighted by Gasteiger charge is 2.15. The van der Waals surface area contributed by atoms with Crippen molar-refractivity contribution in [1.29, 1.82) is 5.26 Å². The number of ether oxygens (including phenoxy) is 4. The first-order valence-corrected chi connectivity index (χ1v) is 8.78. The maximum Gasteiger partial charge on any atom is 0.266 e. The van der Waals surface area contributed by atoms with Crippen LogP contribution in [-0.2, 0) is 4.79 Å². The molecule has 1 heterocycles. The van der Waals surface area contributed by atoms with Crippen LogP contribution in [0.15, 0.2) is 42.0 Å². The van der Waals surface area contributed by atoms with Gasteiger partial charge in [0.05, 0.1) is 13.7 Å². The number of rotatable bonds is 6. The van der Waals surface area contributed by atoms with Gasteiger partial charge in [0.25, 0.3) is 5.91 Å². The van der Waals surface area contributed by atoms with Crippen LogP contribution in [0.25, 0.3) is 6.08 Å². The number of hydrogen-bond donors (Lipinski definition) is 1. The van der Waals surface area contributed by atoms with Gasteiger partial charge >= 0.3 is 0 Å². The first kappa shape index (κ1) is 19.1. The first-order chi connectivity index (χ1) is 13.6. The summed E-state index contributed by atoms with van der Waals surface area (Å²) < 4.78 is 21.7. The Labute approximate surface area is 163 Å². The zero-order chi connectivity index (χ0) is 19.9. The summed E-state index contributed by atoms with van der Waals surface area (Å²) in [5.41, 5.74) is 1.13. The zero-order valence-electron chi connectivity index (χ0n) is 15.7. The second kappa shape index (κ2) is 8.82. The molecule has 1 amide bonds. The predicted octanol–water partition coefficient (Wildman–Crippen LogP) is 3.41. The van der Waals surface area contributed by atoms with Crippen LogP contribution in [0.1, 0.15) is 12.5 Å². The van der Waals surface area contributed by atoms with Crippen LogP contribution in [0.4, 0.5) is 5.69 Å². The molecule has 0 bridgehead atoms. The number of anilines is 1. The van der Waals surface area contributed by atoms with Gasteiger partial charge in [-0.3, -0.25) is 4.79 Å². The van der Waals surface area contributed by atoms with E-state index < -0.39 is 5.91 Å². The summed E-state index contributed by atoms with van der Waals surface area (Å²) in [5, 5.41) is 12.1. The van der Waals surface area contributed by atoms with Crippen molar-refractivity contribution in [3.05, 3.63) is 47.5 Å². The van der Waals surface area contributed by atoms with E-state index in [1.807, 2.05) is 13.0 Å². The fourth-order valence-corrected chi connectivity index (χ4v) is 2.69. The van der Waals surface area contributed by atoms with Crippen LogP contribution in [0.2, 0.25) is 0 Å². The van der Waals surface area contributed by atoms with Crippen molar-refractivity contribution >= 4 is 17.7 Å². The fraction of sp³-hybridized carbons (Fsp3) is 0.238. The lowest BCUT2D eigenvalue weighted by Gasteiger charge is -2.18. The second-order valence-corrected chi connectivity index (χ2v) is 5.83. The average molecular weight is 380 g/mol. The Morgan fingerprint density at radius 2 is 1.96 bits per heavy atom. The number of benzene rings is 2. The molecule has 1 aliphatic heterocycles. The third-order valence-electron chi connectivity index (χ3n) is 3.96. The third-order valence-corrected chi connectivity index (χ3v) is 3.96. The molecule has 1 aliphatic rings. The van der Waals surface area contributed by atoms with Crippen LogP contribution >= 0.6 is 0 Å². The van der Waals surface area contributed by atoms with Gasteiger partial charge in [-0.05, 0) is 42.8 Å². The number of fused-ring (bicyclic) bond motifs is 1. The van der Waals surface area contributed by atoms with Gasteiger partial charge in [-0.1, -0.05) is 6.07 Å². The number of carbonyl (C=O) groups excluding carboxylic acids is 1. The molecule has 0 fully saturated rings. The molecule has 28 heavy (non-hydrogen) atoms. The molecule has 2 aromatic rings. The van der Waals surface area contributed by atoms with E-state index in [-0.39, 0.29) is 5.57 Å². The van der Waals surface area contributed by atoms with Gasteiger partial charge in [0.2, 0.25) is 0 Å². The van der Waals surface area contributed by atoms with E-state index in [2.05, 4.69) is 5.32 Å². The van der Waals surface area contributed by atoms with E-state index in [0.29, 0.717) is 54.1 Å². The third kappa shape index (κ3) is 4.35. The fourth-order valence-electron chi connectivity index (χ4n) is 2.69. The topological polar surface area (TPSA) is 89.8 Å². The zero-order valence-corrected chi connectivity index (χ0v) is 15.7. The van der Waals surface area contributed by atoms with E-state index in [1.54, 1.807) is 43.5 Å². The molecule has 0 saturated carbocycles. The summed E-state index contributed by atoms with van der Waals surface area (Å²) in [5.74, 6) is 1.79. The maximum absolute atomic E-state index is 12.5. The lowest BCUT2D eigenvalue weighted by Crippen LogP contribution is -2.17. The predicted molar refractivity (Wildman–Crippen MR) is 104 cm³/mol. The molecule has 0 radical (unpaired) electrons. The average Bonchev–Trinajstić information content (AvgIpc) is 2.72. The van der Waals surface area contributed by atoms with Crippen molar-refractivity contribution in [2.24, 2.45) is 0 Å². The number of carbonyl (C=O) groups is 1. The second-order valence-electron chi connectivity index (χ2n) is 5.83. The van der Waals surface area contributed by atoms with Gasteiger partial charge in [0.15, 0.2) is 23.0 Å². The van der Waals surface area contributed by atoms with E-state index in [0.717, 1.165) is 0 Å². The SMILES string of the molecule is CCOc1cc(/C=C(\C#N)C(=O)Nc2ccc3c(c2)OCCO3)ccc1OC. The van der Waals surface area contributed by atoms with Gasteiger partial charge in [0, 0.05) is 11.8 Å². The quantitative estimate of drug-likeness (QED) is 0.610. The monoisotopic (exact) mass is 380 g/mol. The summed E-state index contributed by atoms with van der Waals surface area (Å²) in [6.45, 7) is 3.28. The molecule has 0 aromatic heterocycles. The highest BCUT2D eigenvalue weighted by molar-refractivity contribution is 6.09. The summed E-state index contributed by atoms with van der Waals surface area (Å²) in [4.78, 5) is 12.5. The van der Waals surface area contributed by atoms with Gasteiger partial charge in [0.1, 0.15) is 24.9 Å². The van der Waals surface area contributed by atoms with Crippen molar-refractivity contribution in [3.63, 3.8) is 0 Å². The van der Waals surface area contributed by atoms with Gasteiger partial charge < -0.3 is 24.3 Å². The standard InChI is InChI=1S/C21H20N2O5/c1-3-26-19-11-14(4-6-17(19)25-2)10-15(13-22)21(24)23-16-5-7-18-20(12-16)28-9-8-27-18/h4-7,10-12H,3,8-9H2,1-2H3,(H,23,24)/b15-10+. The molecule has 7 nitrogen and oxygen atoms in total. The summed E-state index contributed by atoms with van der Waals surface area (Å²) in [6.07, 6.45) is 1.50. The minimum absolute atomic E-state index is 0.0393. The first-order valence-electron chi connectivity index (χ1n) is 8.78. The molecule has 0 aliphatic carbocycles. The smallest absolute Gasteiger partial charge is 0.266 e. The number of hydrogen-bond acceptors (Lipinski definition) is 6. The highest BCUT2D eigenvalue weighted by Crippen LogP contribution is 2.33. The summed E-state index contributed by atoms with van der Waals surface area (Å²) in [6, 6.07) is 12.2. The van der Waals surface area contributed by atoms with E-state index >= 15 is 0 Å². The van der Waals surface area contributed by atoms with Crippen molar-refractivity contribution in [1.82, 2.24) is 0 Å². The molecule has 2 aromatic carbocycles. The normalized spacial score (nSPS) is 12.7. The van der Waals surface area contributed by atoms with Crippen LogP contribution in [0.5, 0.6) is 23.0 Å². The molecule has 0 spiro atoms. The van der Waals surface area contributed by atoms with Crippen LogP contribution in [0.3, 0.4) is 0 Å². The minimum Gasteiger partial charge on any atom is -0.493 e. The van der Waals surface area contributed by atoms with E-state index in [4.69, 9.17) is 18.9 Å². The van der Waals surface area contributed by atoms with E-state index in [9.17, 15) is 10.1 Å². The Balaban J connectivity index is 1.80. The lowest BCUT2D eigenvalue weighted by molar-refractivity contribution is -0.112. The Hall–Kier alpha value is -3.66. The largest absolute Gasteiger partial charge is 0.493 e. The van der Waals surface area contributed by atoms with Gasteiger partial charge in [-0.2, -0.15) is 5.26 Å². The Bertz CT molecular complexity index is 946. The number of methoxy groups -OCH3 is 1. The highest BCUT2D eigenvalue weighted by atomic mass is 16.6.